The standard InChI is InChI=1S/C18H19BN2O5S/c1-11-7-8-14(18-12(2)20-26-13(18)3)9-17(11)27(24,25)21-16-6-4-5-15(10-16)19(22)23/h4-10,21-23H,1-3H3. The van der Waals surface area contributed by atoms with Crippen molar-refractivity contribution in [3.05, 3.63) is 59.5 Å². The first-order chi connectivity index (χ1) is 12.7. The molecule has 140 valence electrons. The highest BCUT2D eigenvalue weighted by Gasteiger charge is 2.21. The van der Waals surface area contributed by atoms with E-state index < -0.39 is 17.1 Å². The number of hydrogen-bond acceptors (Lipinski definition) is 6. The van der Waals surface area contributed by atoms with Crippen LogP contribution in [-0.4, -0.2) is 30.7 Å². The molecule has 3 aromatic rings. The van der Waals surface area contributed by atoms with Crippen molar-refractivity contribution in [1.82, 2.24) is 5.16 Å². The maximum Gasteiger partial charge on any atom is 0.488 e. The second kappa shape index (κ2) is 7.18. The lowest BCUT2D eigenvalue weighted by Crippen LogP contribution is -2.30. The van der Waals surface area contributed by atoms with Crippen LogP contribution in [0.3, 0.4) is 0 Å². The average molecular weight is 386 g/mol. The van der Waals surface area contributed by atoms with Crippen LogP contribution >= 0.6 is 0 Å². The van der Waals surface area contributed by atoms with Gasteiger partial charge in [0.15, 0.2) is 0 Å². The summed E-state index contributed by atoms with van der Waals surface area (Å²) < 4.78 is 33.5. The molecule has 0 aliphatic heterocycles. The molecule has 0 amide bonds. The summed E-state index contributed by atoms with van der Waals surface area (Å²) >= 11 is 0. The third-order valence-electron chi connectivity index (χ3n) is 4.24. The maximum absolute atomic E-state index is 12.9. The predicted molar refractivity (Wildman–Crippen MR) is 103 cm³/mol. The summed E-state index contributed by atoms with van der Waals surface area (Å²) in [6, 6.07) is 11.1. The number of hydrogen-bond donors (Lipinski definition) is 3. The first-order valence-corrected chi connectivity index (χ1v) is 9.70. The van der Waals surface area contributed by atoms with Crippen LogP contribution in [0.2, 0.25) is 0 Å². The topological polar surface area (TPSA) is 113 Å². The average Bonchev–Trinajstić information content (AvgIpc) is 2.94. The molecule has 27 heavy (non-hydrogen) atoms. The Morgan fingerprint density at radius 1 is 1.07 bits per heavy atom. The van der Waals surface area contributed by atoms with Gasteiger partial charge >= 0.3 is 7.12 Å². The number of sulfonamides is 1. The third kappa shape index (κ3) is 3.90. The predicted octanol–water partition coefficient (Wildman–Crippen LogP) is 1.75. The fraction of sp³-hybridized carbons (Fsp3) is 0.167. The van der Waals surface area contributed by atoms with Gasteiger partial charge in [0.25, 0.3) is 10.0 Å². The minimum Gasteiger partial charge on any atom is -0.423 e. The van der Waals surface area contributed by atoms with Crippen LogP contribution in [0.25, 0.3) is 11.1 Å². The summed E-state index contributed by atoms with van der Waals surface area (Å²) in [4.78, 5) is 0.120. The van der Waals surface area contributed by atoms with Crippen LogP contribution < -0.4 is 10.2 Å². The number of benzene rings is 2. The zero-order valence-corrected chi connectivity index (χ0v) is 15.9. The number of nitrogens with one attached hydrogen (secondary N) is 1. The first-order valence-electron chi connectivity index (χ1n) is 8.22. The Morgan fingerprint density at radius 3 is 2.44 bits per heavy atom. The zero-order chi connectivity index (χ0) is 19.8. The van der Waals surface area contributed by atoms with Gasteiger partial charge in [0.2, 0.25) is 0 Å². The largest absolute Gasteiger partial charge is 0.488 e. The summed E-state index contributed by atoms with van der Waals surface area (Å²) in [5.74, 6) is 0.609. The van der Waals surface area contributed by atoms with E-state index in [4.69, 9.17) is 4.52 Å². The summed E-state index contributed by atoms with van der Waals surface area (Å²) in [6.07, 6.45) is 0. The van der Waals surface area contributed by atoms with Crippen LogP contribution in [0.15, 0.2) is 51.9 Å². The van der Waals surface area contributed by atoms with Gasteiger partial charge in [-0.3, -0.25) is 4.72 Å². The van der Waals surface area contributed by atoms with E-state index in [1.54, 1.807) is 39.0 Å². The smallest absolute Gasteiger partial charge is 0.423 e. The fourth-order valence-corrected chi connectivity index (χ4v) is 4.23. The fourth-order valence-electron chi connectivity index (χ4n) is 2.91. The molecule has 3 rings (SSSR count). The van der Waals surface area contributed by atoms with Gasteiger partial charge in [0.1, 0.15) is 5.76 Å². The Morgan fingerprint density at radius 2 is 1.81 bits per heavy atom. The molecule has 0 saturated heterocycles. The van der Waals surface area contributed by atoms with E-state index in [0.29, 0.717) is 22.6 Å². The van der Waals surface area contributed by atoms with Crippen molar-refractivity contribution in [3.63, 3.8) is 0 Å². The lowest BCUT2D eigenvalue weighted by Gasteiger charge is -2.13. The normalized spacial score (nSPS) is 11.4. The maximum atomic E-state index is 12.9. The molecule has 0 bridgehead atoms. The molecule has 9 heteroatoms. The van der Waals surface area contributed by atoms with Crippen LogP contribution in [0, 0.1) is 20.8 Å². The molecule has 7 nitrogen and oxygen atoms in total. The molecule has 1 heterocycles. The second-order valence-corrected chi connectivity index (χ2v) is 7.93. The third-order valence-corrected chi connectivity index (χ3v) is 5.76. The molecule has 3 N–H and O–H groups in total. The van der Waals surface area contributed by atoms with Crippen molar-refractivity contribution < 1.29 is 23.0 Å². The minimum atomic E-state index is -3.89. The van der Waals surface area contributed by atoms with Gasteiger partial charge in [-0.1, -0.05) is 29.4 Å². The van der Waals surface area contributed by atoms with Gasteiger partial charge in [0, 0.05) is 11.3 Å². The Balaban J connectivity index is 2.02. The van der Waals surface area contributed by atoms with Crippen molar-refractivity contribution in [2.45, 2.75) is 25.7 Å². The molecule has 2 aromatic carbocycles. The van der Waals surface area contributed by atoms with Gasteiger partial charge in [-0.05, 0) is 55.6 Å². The van der Waals surface area contributed by atoms with Crippen molar-refractivity contribution in [2.24, 2.45) is 0 Å². The van der Waals surface area contributed by atoms with Gasteiger partial charge < -0.3 is 14.6 Å². The van der Waals surface area contributed by atoms with Crippen LogP contribution in [0.1, 0.15) is 17.0 Å². The van der Waals surface area contributed by atoms with E-state index in [9.17, 15) is 18.5 Å². The highest BCUT2D eigenvalue weighted by atomic mass is 32.2. The van der Waals surface area contributed by atoms with Crippen molar-refractivity contribution >= 4 is 28.3 Å². The first kappa shape index (κ1) is 19.2. The number of aryl methyl sites for hydroxylation is 3. The van der Waals surface area contributed by atoms with Crippen LogP contribution in [0.4, 0.5) is 5.69 Å². The van der Waals surface area contributed by atoms with Crippen molar-refractivity contribution in [3.8, 4) is 11.1 Å². The van der Waals surface area contributed by atoms with E-state index in [0.717, 1.165) is 5.56 Å². The monoisotopic (exact) mass is 386 g/mol. The number of rotatable bonds is 5. The molecule has 0 aliphatic carbocycles. The molecule has 0 radical (unpaired) electrons. The Hall–Kier alpha value is -2.62. The second-order valence-electron chi connectivity index (χ2n) is 6.28. The van der Waals surface area contributed by atoms with Crippen LogP contribution in [-0.2, 0) is 10.0 Å². The lowest BCUT2D eigenvalue weighted by atomic mass is 9.80. The van der Waals surface area contributed by atoms with Crippen molar-refractivity contribution in [1.29, 1.82) is 0 Å². The molecular weight excluding hydrogens is 367 g/mol. The molecule has 1 aromatic heterocycles. The number of aromatic nitrogens is 1. The van der Waals surface area contributed by atoms with Crippen LogP contribution in [0.5, 0.6) is 0 Å². The van der Waals surface area contributed by atoms with Gasteiger partial charge in [-0.2, -0.15) is 0 Å². The molecule has 0 fully saturated rings. The quantitative estimate of drug-likeness (QED) is 0.576. The Labute approximate surface area is 157 Å². The summed E-state index contributed by atoms with van der Waals surface area (Å²) in [7, 11) is -5.57. The highest BCUT2D eigenvalue weighted by molar-refractivity contribution is 7.92. The molecule has 0 unspecified atom stereocenters. The number of nitrogens with zero attached hydrogens (tertiary/aromatic N) is 1. The minimum absolute atomic E-state index is 0.120. The molecular formula is C18H19BN2O5S. The van der Waals surface area contributed by atoms with E-state index in [-0.39, 0.29) is 16.0 Å². The molecule has 0 aliphatic rings. The Bertz CT molecular complexity index is 1070. The highest BCUT2D eigenvalue weighted by Crippen LogP contribution is 2.30. The summed E-state index contributed by atoms with van der Waals surface area (Å²) in [6.45, 7) is 5.27. The number of anilines is 1. The van der Waals surface area contributed by atoms with Gasteiger partial charge in [-0.25, -0.2) is 8.42 Å². The molecule has 0 saturated carbocycles. The molecule has 0 spiro atoms. The van der Waals surface area contributed by atoms with Crippen molar-refractivity contribution in [2.75, 3.05) is 4.72 Å². The lowest BCUT2D eigenvalue weighted by molar-refractivity contribution is 0.393. The SMILES string of the molecule is Cc1ccc(-c2c(C)noc2C)cc1S(=O)(=O)Nc1cccc(B(O)O)c1. The van der Waals surface area contributed by atoms with E-state index in [2.05, 4.69) is 9.88 Å². The summed E-state index contributed by atoms with van der Waals surface area (Å²) in [5.41, 5.74) is 3.14. The van der Waals surface area contributed by atoms with Gasteiger partial charge in [0.05, 0.1) is 10.6 Å². The van der Waals surface area contributed by atoms with E-state index in [1.807, 2.05) is 6.07 Å². The Kier molecular flexibility index (Phi) is 5.10. The van der Waals surface area contributed by atoms with Gasteiger partial charge in [-0.15, -0.1) is 0 Å². The zero-order valence-electron chi connectivity index (χ0n) is 15.1. The summed E-state index contributed by atoms with van der Waals surface area (Å²) in [5, 5.41) is 22.4. The van der Waals surface area contributed by atoms with E-state index in [1.165, 1.54) is 18.2 Å². The molecule has 0 atom stereocenters. The van der Waals surface area contributed by atoms with E-state index >= 15 is 0 Å².